The van der Waals surface area contributed by atoms with Crippen molar-refractivity contribution in [1.82, 2.24) is 0 Å². The molecule has 28 heavy (non-hydrogen) atoms. The average Bonchev–Trinajstić information content (AvgIpc) is 3.18. The zero-order chi connectivity index (χ0) is 19.9. The summed E-state index contributed by atoms with van der Waals surface area (Å²) < 4.78 is 12.2. The maximum absolute atomic E-state index is 11.9. The van der Waals surface area contributed by atoms with Crippen LogP contribution in [0.4, 0.5) is 0 Å². The highest BCUT2D eigenvalue weighted by Crippen LogP contribution is 2.70. The second kappa shape index (κ2) is 6.06. The van der Waals surface area contributed by atoms with Crippen LogP contribution in [0, 0.1) is 34.5 Å². The third-order valence-electron chi connectivity index (χ3n) is 9.77. The molecular weight excluding hydrogens is 352 g/mol. The van der Waals surface area contributed by atoms with Gasteiger partial charge in [-0.2, -0.15) is 0 Å². The summed E-state index contributed by atoms with van der Waals surface area (Å²) >= 11 is 0. The molecule has 4 aliphatic carbocycles. The third-order valence-corrected chi connectivity index (χ3v) is 9.77. The summed E-state index contributed by atoms with van der Waals surface area (Å²) in [6, 6.07) is 0. The molecule has 8 atom stereocenters. The van der Waals surface area contributed by atoms with Gasteiger partial charge in [-0.1, -0.05) is 25.5 Å². The molecule has 0 aromatic heterocycles. The van der Waals surface area contributed by atoms with Gasteiger partial charge in [0, 0.05) is 5.92 Å². The Morgan fingerprint density at radius 2 is 1.75 bits per heavy atom. The van der Waals surface area contributed by atoms with Gasteiger partial charge in [-0.25, -0.2) is 0 Å². The van der Waals surface area contributed by atoms with E-state index in [0.717, 1.165) is 38.5 Å². The zero-order valence-electron chi connectivity index (χ0n) is 18.0. The van der Waals surface area contributed by atoms with Crippen LogP contribution in [0.25, 0.3) is 0 Å². The Hall–Kier alpha value is -0.420. The molecule has 4 fully saturated rings. The second-order valence-electron chi connectivity index (χ2n) is 11.4. The van der Waals surface area contributed by atoms with Crippen molar-refractivity contribution in [3.8, 4) is 0 Å². The minimum Gasteiger partial charge on any atom is -0.393 e. The van der Waals surface area contributed by atoms with Crippen LogP contribution in [0.5, 0.6) is 0 Å². The lowest BCUT2D eigenvalue weighted by Gasteiger charge is -2.63. The van der Waals surface area contributed by atoms with Crippen molar-refractivity contribution >= 4 is 0 Å². The Bertz CT molecular complexity index is 678. The van der Waals surface area contributed by atoms with Crippen molar-refractivity contribution in [1.29, 1.82) is 0 Å². The monoisotopic (exact) mass is 390 g/mol. The number of hydrogen-bond donors (Lipinski definition) is 2. The number of aliphatic hydroxyl groups is 2. The highest BCUT2D eigenvalue weighted by molar-refractivity contribution is 5.28. The first-order valence-electron chi connectivity index (χ1n) is 11.5. The van der Waals surface area contributed by atoms with Gasteiger partial charge in [-0.3, -0.25) is 0 Å². The van der Waals surface area contributed by atoms with E-state index in [1.165, 1.54) is 12.0 Å². The molecular formula is C24H38O4. The van der Waals surface area contributed by atoms with Crippen molar-refractivity contribution in [3.05, 3.63) is 11.6 Å². The molecule has 158 valence electrons. The standard InChI is InChI=1S/C24H38O4/c1-21-10-9-16(25)13-15(21)5-6-17-18-7-8-19(24(4)27-11-12-28-24)22(18,2)14-23(3,26)20(17)21/h5,16-20,25-26H,6-14H2,1-4H3. The lowest BCUT2D eigenvalue weighted by molar-refractivity contribution is -0.238. The summed E-state index contributed by atoms with van der Waals surface area (Å²) in [4.78, 5) is 0. The first kappa shape index (κ1) is 19.5. The van der Waals surface area contributed by atoms with E-state index in [2.05, 4.69) is 33.8 Å². The molecule has 0 aromatic carbocycles. The van der Waals surface area contributed by atoms with Gasteiger partial charge in [0.2, 0.25) is 0 Å². The Morgan fingerprint density at radius 3 is 2.46 bits per heavy atom. The quantitative estimate of drug-likeness (QED) is 0.663. The Balaban J connectivity index is 1.54. The minimum absolute atomic E-state index is 0.0231. The van der Waals surface area contributed by atoms with Crippen LogP contribution in [0.15, 0.2) is 11.6 Å². The number of fused-ring (bicyclic) bond motifs is 5. The topological polar surface area (TPSA) is 58.9 Å². The Labute approximate surface area is 169 Å². The predicted octanol–water partition coefficient (Wildman–Crippen LogP) is 4.05. The molecule has 4 nitrogen and oxygen atoms in total. The van der Waals surface area contributed by atoms with Gasteiger partial charge >= 0.3 is 0 Å². The number of ether oxygens (including phenoxy) is 2. The van der Waals surface area contributed by atoms with Crippen molar-refractivity contribution in [3.63, 3.8) is 0 Å². The fourth-order valence-corrected chi connectivity index (χ4v) is 9.01. The highest BCUT2D eigenvalue weighted by Gasteiger charge is 2.67. The lowest BCUT2D eigenvalue weighted by Crippen LogP contribution is -2.62. The number of allylic oxidation sites excluding steroid dienone is 1. The summed E-state index contributed by atoms with van der Waals surface area (Å²) in [7, 11) is 0. The molecule has 0 aromatic rings. The van der Waals surface area contributed by atoms with Gasteiger partial charge in [0.05, 0.1) is 24.9 Å². The van der Waals surface area contributed by atoms with E-state index in [0.29, 0.717) is 31.0 Å². The van der Waals surface area contributed by atoms with E-state index in [-0.39, 0.29) is 22.9 Å². The minimum atomic E-state index is -0.704. The zero-order valence-corrected chi connectivity index (χ0v) is 18.0. The fourth-order valence-electron chi connectivity index (χ4n) is 9.01. The molecule has 0 spiro atoms. The van der Waals surface area contributed by atoms with E-state index in [4.69, 9.17) is 9.47 Å². The van der Waals surface area contributed by atoms with Gasteiger partial charge in [-0.05, 0) is 87.4 Å². The first-order chi connectivity index (χ1) is 13.1. The van der Waals surface area contributed by atoms with E-state index in [9.17, 15) is 10.2 Å². The summed E-state index contributed by atoms with van der Waals surface area (Å²) in [6.45, 7) is 10.4. The average molecular weight is 391 g/mol. The SMILES string of the molecule is CC1(O)CC2(C)C(CCC2C2(C)OCCO2)C2CC=C3CC(O)CCC3(C)C21. The molecule has 1 heterocycles. The third kappa shape index (κ3) is 2.50. The fraction of sp³-hybridized carbons (Fsp3) is 0.917. The van der Waals surface area contributed by atoms with Crippen LogP contribution < -0.4 is 0 Å². The molecule has 8 unspecified atom stereocenters. The second-order valence-corrected chi connectivity index (χ2v) is 11.4. The smallest absolute Gasteiger partial charge is 0.169 e. The van der Waals surface area contributed by atoms with Crippen LogP contribution in [0.3, 0.4) is 0 Å². The normalized spacial score (nSPS) is 55.2. The molecule has 1 aliphatic heterocycles. The van der Waals surface area contributed by atoms with Crippen LogP contribution in [-0.4, -0.2) is 40.9 Å². The van der Waals surface area contributed by atoms with Crippen LogP contribution >= 0.6 is 0 Å². The molecule has 5 rings (SSSR count). The summed E-state index contributed by atoms with van der Waals surface area (Å²) in [5.74, 6) is 1.23. The first-order valence-corrected chi connectivity index (χ1v) is 11.5. The lowest BCUT2D eigenvalue weighted by atomic mass is 9.43. The van der Waals surface area contributed by atoms with Crippen LogP contribution in [0.1, 0.15) is 72.6 Å². The van der Waals surface area contributed by atoms with Gasteiger partial charge in [-0.15, -0.1) is 0 Å². The molecule has 3 saturated carbocycles. The molecule has 5 aliphatic rings. The van der Waals surface area contributed by atoms with Gasteiger partial charge in [0.15, 0.2) is 5.79 Å². The van der Waals surface area contributed by atoms with E-state index >= 15 is 0 Å². The molecule has 0 amide bonds. The highest BCUT2D eigenvalue weighted by atomic mass is 16.7. The van der Waals surface area contributed by atoms with E-state index < -0.39 is 11.4 Å². The van der Waals surface area contributed by atoms with Gasteiger partial charge < -0.3 is 19.7 Å². The summed E-state index contributed by atoms with van der Waals surface area (Å²) in [5.41, 5.74) is 0.763. The van der Waals surface area contributed by atoms with Gasteiger partial charge in [0.1, 0.15) is 0 Å². The largest absolute Gasteiger partial charge is 0.393 e. The molecule has 0 bridgehead atoms. The van der Waals surface area contributed by atoms with Crippen LogP contribution in [0.2, 0.25) is 0 Å². The molecule has 0 radical (unpaired) electrons. The summed E-state index contributed by atoms with van der Waals surface area (Å²) in [5, 5.41) is 22.2. The predicted molar refractivity (Wildman–Crippen MR) is 108 cm³/mol. The van der Waals surface area contributed by atoms with E-state index in [1.807, 2.05) is 0 Å². The summed E-state index contributed by atoms with van der Waals surface area (Å²) in [6.07, 6.45) is 9.08. The van der Waals surface area contributed by atoms with Crippen molar-refractivity contribution < 1.29 is 19.7 Å². The molecule has 4 heteroatoms. The maximum atomic E-state index is 11.9. The number of rotatable bonds is 1. The molecule has 2 N–H and O–H groups in total. The Morgan fingerprint density at radius 1 is 1.04 bits per heavy atom. The van der Waals surface area contributed by atoms with Crippen molar-refractivity contribution in [2.75, 3.05) is 13.2 Å². The van der Waals surface area contributed by atoms with Crippen molar-refractivity contribution in [2.45, 2.75) is 90.1 Å². The Kier molecular flexibility index (Phi) is 4.23. The van der Waals surface area contributed by atoms with Gasteiger partial charge in [0.25, 0.3) is 0 Å². The number of aliphatic hydroxyl groups excluding tert-OH is 1. The molecule has 1 saturated heterocycles. The van der Waals surface area contributed by atoms with Crippen LogP contribution in [-0.2, 0) is 9.47 Å². The maximum Gasteiger partial charge on any atom is 0.169 e. The van der Waals surface area contributed by atoms with Crippen molar-refractivity contribution in [2.24, 2.45) is 34.5 Å². The number of hydrogen-bond acceptors (Lipinski definition) is 4. The van der Waals surface area contributed by atoms with E-state index in [1.54, 1.807) is 0 Å².